The van der Waals surface area contributed by atoms with E-state index in [4.69, 9.17) is 10.3 Å². The lowest BCUT2D eigenvalue weighted by Crippen LogP contribution is -2.30. The Morgan fingerprint density at radius 3 is 2.73 bits per heavy atom. The summed E-state index contributed by atoms with van der Waals surface area (Å²) in [5, 5.41) is 0. The average molecular weight is 238 g/mol. The summed E-state index contributed by atoms with van der Waals surface area (Å²) < 4.78 is 32.8. The molecule has 3 N–H and O–H groups in total. The Morgan fingerprint density at radius 1 is 1.60 bits per heavy atom. The number of hydrogen-bond acceptors (Lipinski definition) is 5. The Labute approximate surface area is 88.1 Å². The SMILES string of the molecule is NCC1CC(=O)N(CCOS(=O)(=O)O)C1. The van der Waals surface area contributed by atoms with E-state index in [2.05, 4.69) is 4.18 Å². The van der Waals surface area contributed by atoms with E-state index in [0.29, 0.717) is 19.5 Å². The molecule has 1 unspecified atom stereocenters. The first-order valence-electron chi connectivity index (χ1n) is 4.52. The number of amides is 1. The number of carbonyl (C=O) groups is 1. The second-order valence-electron chi connectivity index (χ2n) is 3.40. The third kappa shape index (κ3) is 4.12. The van der Waals surface area contributed by atoms with Crippen molar-refractivity contribution in [1.82, 2.24) is 4.90 Å². The van der Waals surface area contributed by atoms with E-state index in [-0.39, 0.29) is 25.0 Å². The van der Waals surface area contributed by atoms with Crippen molar-refractivity contribution in [3.63, 3.8) is 0 Å². The van der Waals surface area contributed by atoms with Gasteiger partial charge in [-0.25, -0.2) is 4.18 Å². The molecular weight excluding hydrogens is 224 g/mol. The molecule has 0 aromatic rings. The van der Waals surface area contributed by atoms with E-state index in [1.54, 1.807) is 0 Å². The van der Waals surface area contributed by atoms with Crippen LogP contribution in [0.5, 0.6) is 0 Å². The Morgan fingerprint density at radius 2 is 2.27 bits per heavy atom. The van der Waals surface area contributed by atoms with Crippen molar-refractivity contribution in [3.05, 3.63) is 0 Å². The van der Waals surface area contributed by atoms with Crippen molar-refractivity contribution in [1.29, 1.82) is 0 Å². The van der Waals surface area contributed by atoms with Crippen molar-refractivity contribution in [3.8, 4) is 0 Å². The maximum atomic E-state index is 11.3. The van der Waals surface area contributed by atoms with Crippen LogP contribution in [0.4, 0.5) is 0 Å². The van der Waals surface area contributed by atoms with Gasteiger partial charge in [0.15, 0.2) is 0 Å². The number of nitrogens with two attached hydrogens (primary N) is 1. The van der Waals surface area contributed by atoms with Gasteiger partial charge in [0.2, 0.25) is 5.91 Å². The fraction of sp³-hybridized carbons (Fsp3) is 0.857. The number of carbonyl (C=O) groups excluding carboxylic acids is 1. The Bertz CT molecular complexity index is 328. The van der Waals surface area contributed by atoms with Crippen molar-refractivity contribution in [2.45, 2.75) is 6.42 Å². The smallest absolute Gasteiger partial charge is 0.340 e. The van der Waals surface area contributed by atoms with Crippen LogP contribution in [0.25, 0.3) is 0 Å². The van der Waals surface area contributed by atoms with Gasteiger partial charge in [-0.05, 0) is 12.5 Å². The number of rotatable bonds is 5. The van der Waals surface area contributed by atoms with Gasteiger partial charge in [-0.3, -0.25) is 9.35 Å². The molecule has 1 aliphatic rings. The highest BCUT2D eigenvalue weighted by atomic mass is 32.3. The van der Waals surface area contributed by atoms with Crippen LogP contribution < -0.4 is 5.73 Å². The molecule has 0 radical (unpaired) electrons. The summed E-state index contributed by atoms with van der Waals surface area (Å²) in [5.41, 5.74) is 5.41. The van der Waals surface area contributed by atoms with Crippen LogP contribution in [0.1, 0.15) is 6.42 Å². The van der Waals surface area contributed by atoms with Crippen LogP contribution in [0.3, 0.4) is 0 Å². The summed E-state index contributed by atoms with van der Waals surface area (Å²) in [5.74, 6) is 0.0626. The monoisotopic (exact) mass is 238 g/mol. The van der Waals surface area contributed by atoms with Crippen molar-refractivity contribution in [2.75, 3.05) is 26.2 Å². The third-order valence-corrected chi connectivity index (χ3v) is 2.69. The average Bonchev–Trinajstić information content (AvgIpc) is 2.45. The zero-order chi connectivity index (χ0) is 11.5. The molecule has 88 valence electrons. The highest BCUT2D eigenvalue weighted by Crippen LogP contribution is 2.15. The summed E-state index contributed by atoms with van der Waals surface area (Å²) >= 11 is 0. The molecular formula is C7H14N2O5S. The summed E-state index contributed by atoms with van der Waals surface area (Å²) in [6.45, 7) is 0.864. The lowest BCUT2D eigenvalue weighted by molar-refractivity contribution is -0.128. The Balaban J connectivity index is 2.31. The molecule has 1 saturated heterocycles. The van der Waals surface area contributed by atoms with Gasteiger partial charge in [-0.15, -0.1) is 0 Å². The zero-order valence-electron chi connectivity index (χ0n) is 8.13. The van der Waals surface area contributed by atoms with Crippen LogP contribution >= 0.6 is 0 Å². The molecule has 1 atom stereocenters. The van der Waals surface area contributed by atoms with Crippen LogP contribution in [0, 0.1) is 5.92 Å². The highest BCUT2D eigenvalue weighted by Gasteiger charge is 2.28. The van der Waals surface area contributed by atoms with Gasteiger partial charge in [-0.1, -0.05) is 0 Å². The molecule has 1 rings (SSSR count). The second-order valence-corrected chi connectivity index (χ2v) is 4.49. The summed E-state index contributed by atoms with van der Waals surface area (Å²) in [6.07, 6.45) is 0.391. The predicted octanol–water partition coefficient (Wildman–Crippen LogP) is -1.39. The topological polar surface area (TPSA) is 110 Å². The molecule has 0 bridgehead atoms. The predicted molar refractivity (Wildman–Crippen MR) is 51.2 cm³/mol. The van der Waals surface area contributed by atoms with E-state index in [1.807, 2.05) is 0 Å². The number of nitrogens with zero attached hydrogens (tertiary/aromatic N) is 1. The Kier molecular flexibility index (Phi) is 4.03. The Hall–Kier alpha value is -0.700. The van der Waals surface area contributed by atoms with Crippen LogP contribution in [0.15, 0.2) is 0 Å². The molecule has 1 heterocycles. The minimum Gasteiger partial charge on any atom is -0.340 e. The molecule has 0 spiro atoms. The molecule has 0 aromatic heterocycles. The van der Waals surface area contributed by atoms with Crippen molar-refractivity contribution < 1.29 is 21.9 Å². The summed E-state index contributed by atoms with van der Waals surface area (Å²) in [4.78, 5) is 12.8. The lowest BCUT2D eigenvalue weighted by atomic mass is 10.1. The number of likely N-dealkylation sites (tertiary alicyclic amines) is 1. The molecule has 0 aromatic carbocycles. The summed E-state index contributed by atoms with van der Waals surface area (Å²) in [6, 6.07) is 0. The van der Waals surface area contributed by atoms with Gasteiger partial charge in [0.1, 0.15) is 0 Å². The van der Waals surface area contributed by atoms with Crippen LogP contribution in [-0.4, -0.2) is 50.0 Å². The summed E-state index contributed by atoms with van der Waals surface area (Å²) in [7, 11) is -4.42. The van der Waals surface area contributed by atoms with E-state index in [1.165, 1.54) is 4.90 Å². The molecule has 0 saturated carbocycles. The molecule has 15 heavy (non-hydrogen) atoms. The van der Waals surface area contributed by atoms with Crippen molar-refractivity contribution >= 4 is 16.3 Å². The van der Waals surface area contributed by atoms with Crippen molar-refractivity contribution in [2.24, 2.45) is 11.7 Å². The first kappa shape index (κ1) is 12.4. The molecule has 0 aliphatic carbocycles. The quantitative estimate of drug-likeness (QED) is 0.571. The number of hydrogen-bond donors (Lipinski definition) is 2. The molecule has 7 nitrogen and oxygen atoms in total. The minimum atomic E-state index is -4.42. The first-order valence-corrected chi connectivity index (χ1v) is 5.88. The van der Waals surface area contributed by atoms with E-state index >= 15 is 0 Å². The minimum absolute atomic E-state index is 0.0654. The fourth-order valence-corrected chi connectivity index (χ4v) is 1.77. The van der Waals surface area contributed by atoms with Crippen LogP contribution in [-0.2, 0) is 19.4 Å². The largest absolute Gasteiger partial charge is 0.397 e. The molecule has 1 aliphatic heterocycles. The van der Waals surface area contributed by atoms with E-state index in [0.717, 1.165) is 0 Å². The van der Waals surface area contributed by atoms with E-state index < -0.39 is 10.4 Å². The lowest BCUT2D eigenvalue weighted by Gasteiger charge is -2.15. The maximum Gasteiger partial charge on any atom is 0.397 e. The van der Waals surface area contributed by atoms with Gasteiger partial charge in [0.05, 0.1) is 6.61 Å². The zero-order valence-corrected chi connectivity index (χ0v) is 8.94. The standard InChI is InChI=1S/C7H14N2O5S/c8-4-6-3-7(10)9(5-6)1-2-14-15(11,12)13/h6H,1-5,8H2,(H,11,12,13). The second kappa shape index (κ2) is 4.88. The van der Waals surface area contributed by atoms with Gasteiger partial charge in [0, 0.05) is 19.5 Å². The van der Waals surface area contributed by atoms with Gasteiger partial charge < -0.3 is 10.6 Å². The normalized spacial score (nSPS) is 22.4. The van der Waals surface area contributed by atoms with Gasteiger partial charge in [0.25, 0.3) is 0 Å². The molecule has 1 fully saturated rings. The van der Waals surface area contributed by atoms with Crippen LogP contribution in [0.2, 0.25) is 0 Å². The maximum absolute atomic E-state index is 11.3. The van der Waals surface area contributed by atoms with E-state index in [9.17, 15) is 13.2 Å². The highest BCUT2D eigenvalue weighted by molar-refractivity contribution is 7.80. The first-order chi connectivity index (χ1) is 6.92. The third-order valence-electron chi connectivity index (χ3n) is 2.22. The van der Waals surface area contributed by atoms with Gasteiger partial charge in [-0.2, -0.15) is 8.42 Å². The molecule has 8 heteroatoms. The molecule has 1 amide bonds. The van der Waals surface area contributed by atoms with Gasteiger partial charge >= 0.3 is 10.4 Å². The fourth-order valence-electron chi connectivity index (χ4n) is 1.48.